The van der Waals surface area contributed by atoms with E-state index >= 15 is 0 Å². The van der Waals surface area contributed by atoms with Gasteiger partial charge in [0.2, 0.25) is 5.91 Å². The first-order valence-corrected chi connectivity index (χ1v) is 14.2. The molecule has 4 aromatic carbocycles. The second kappa shape index (κ2) is 12.2. The molecule has 0 radical (unpaired) electrons. The number of hydrogen-bond acceptors (Lipinski definition) is 6. The highest BCUT2D eigenvalue weighted by Gasteiger charge is 2.23. The number of thiazole rings is 1. The van der Waals surface area contributed by atoms with Gasteiger partial charge in [-0.3, -0.25) is 9.59 Å². The molecular weight excluding hydrogens is 545 g/mol. The molecule has 1 atom stereocenters. The number of carbonyl (C=O) groups is 2. The number of amides is 1. The molecule has 3 N–H and O–H groups in total. The van der Waals surface area contributed by atoms with Gasteiger partial charge in [0, 0.05) is 21.8 Å². The van der Waals surface area contributed by atoms with Crippen molar-refractivity contribution in [3.8, 4) is 0 Å². The van der Waals surface area contributed by atoms with Crippen LogP contribution in [-0.4, -0.2) is 21.8 Å². The molecule has 0 saturated heterocycles. The molecule has 9 heteroatoms. The highest BCUT2D eigenvalue weighted by Crippen LogP contribution is 2.38. The molecule has 1 unspecified atom stereocenters. The van der Waals surface area contributed by atoms with Crippen LogP contribution in [0.4, 0.5) is 16.5 Å². The van der Waals surface area contributed by atoms with E-state index < -0.39 is 5.25 Å². The van der Waals surface area contributed by atoms with Crippen molar-refractivity contribution in [1.29, 1.82) is 0 Å². The summed E-state index contributed by atoms with van der Waals surface area (Å²) < 4.78 is 1.02. The summed E-state index contributed by atoms with van der Waals surface area (Å²) in [6, 6.07) is 32.4. The second-order valence-electron chi connectivity index (χ2n) is 8.63. The van der Waals surface area contributed by atoms with Crippen LogP contribution in [0.5, 0.6) is 0 Å². The van der Waals surface area contributed by atoms with Crippen LogP contribution in [0, 0.1) is 0 Å². The Bertz CT molecular complexity index is 1600. The third-order valence-electron chi connectivity index (χ3n) is 5.76. The van der Waals surface area contributed by atoms with Crippen LogP contribution in [0.1, 0.15) is 28.1 Å². The Morgan fingerprint density at radius 2 is 1.54 bits per heavy atom. The number of anilines is 3. The summed E-state index contributed by atoms with van der Waals surface area (Å²) in [5, 5.41) is 9.85. The van der Waals surface area contributed by atoms with E-state index in [4.69, 9.17) is 12.2 Å². The number of rotatable bonds is 8. The summed E-state index contributed by atoms with van der Waals surface area (Å²) in [5.74, 6) is -0.131. The van der Waals surface area contributed by atoms with E-state index in [1.807, 2.05) is 91.0 Å². The normalized spacial score (nSPS) is 11.5. The summed E-state index contributed by atoms with van der Waals surface area (Å²) in [7, 11) is 0. The Hall–Kier alpha value is -4.05. The van der Waals surface area contributed by atoms with Gasteiger partial charge in [-0.25, -0.2) is 4.98 Å². The summed E-state index contributed by atoms with van der Waals surface area (Å²) in [6.07, 6.45) is 0. The molecule has 1 heterocycles. The molecule has 1 aromatic heterocycles. The Morgan fingerprint density at radius 1 is 0.821 bits per heavy atom. The SMILES string of the molecule is CC(=O)c1ccc(NC(=S)Nc2cccc(SC(C(=O)Nc3nc4ccccc4s3)c3ccccc3)c2)cc1. The number of thioether (sulfide) groups is 1. The predicted molar refractivity (Wildman–Crippen MR) is 166 cm³/mol. The van der Waals surface area contributed by atoms with Crippen molar-refractivity contribution in [2.24, 2.45) is 0 Å². The zero-order valence-corrected chi connectivity index (χ0v) is 23.3. The van der Waals surface area contributed by atoms with E-state index in [0.717, 1.165) is 32.1 Å². The van der Waals surface area contributed by atoms with Gasteiger partial charge >= 0.3 is 0 Å². The van der Waals surface area contributed by atoms with Gasteiger partial charge in [0.1, 0.15) is 5.25 Å². The Labute approximate surface area is 239 Å². The molecule has 0 aliphatic carbocycles. The van der Waals surface area contributed by atoms with Crippen LogP contribution in [0.3, 0.4) is 0 Å². The topological polar surface area (TPSA) is 83.1 Å². The minimum atomic E-state index is -0.488. The van der Waals surface area contributed by atoms with E-state index in [1.165, 1.54) is 30.0 Å². The molecule has 194 valence electrons. The van der Waals surface area contributed by atoms with E-state index in [1.54, 1.807) is 12.1 Å². The maximum Gasteiger partial charge on any atom is 0.244 e. The van der Waals surface area contributed by atoms with Crippen molar-refractivity contribution >= 4 is 78.8 Å². The number of nitrogens with one attached hydrogen (secondary N) is 3. The van der Waals surface area contributed by atoms with Gasteiger partial charge in [0.25, 0.3) is 0 Å². The zero-order valence-electron chi connectivity index (χ0n) is 20.9. The fourth-order valence-corrected chi connectivity index (χ4v) is 6.05. The standard InChI is InChI=1S/C30H24N4O2S3/c1-19(35)20-14-16-22(17-15-20)31-29(37)32-23-10-7-11-24(18-23)38-27(21-8-3-2-4-9-21)28(36)34-30-33-25-12-5-6-13-26(25)39-30/h2-18,27H,1H3,(H2,31,32,37)(H,33,34,36). The Morgan fingerprint density at radius 3 is 2.28 bits per heavy atom. The first-order valence-electron chi connectivity index (χ1n) is 12.1. The highest BCUT2D eigenvalue weighted by atomic mass is 32.2. The summed E-state index contributed by atoms with van der Waals surface area (Å²) in [4.78, 5) is 30.5. The predicted octanol–water partition coefficient (Wildman–Crippen LogP) is 7.78. The van der Waals surface area contributed by atoms with E-state index in [-0.39, 0.29) is 11.7 Å². The number of benzene rings is 4. The average molecular weight is 569 g/mol. The van der Waals surface area contributed by atoms with Gasteiger partial charge in [-0.15, -0.1) is 11.8 Å². The largest absolute Gasteiger partial charge is 0.332 e. The van der Waals surface area contributed by atoms with Gasteiger partial charge in [-0.2, -0.15) is 0 Å². The molecule has 5 aromatic rings. The van der Waals surface area contributed by atoms with Gasteiger partial charge in [-0.1, -0.05) is 59.9 Å². The van der Waals surface area contributed by atoms with E-state index in [9.17, 15) is 9.59 Å². The van der Waals surface area contributed by atoms with Crippen LogP contribution in [0.2, 0.25) is 0 Å². The molecule has 0 aliphatic heterocycles. The first kappa shape index (κ1) is 26.6. The quantitative estimate of drug-likeness (QED) is 0.100. The monoisotopic (exact) mass is 568 g/mol. The minimum absolute atomic E-state index is 0.0131. The lowest BCUT2D eigenvalue weighted by Crippen LogP contribution is -2.19. The van der Waals surface area contributed by atoms with Crippen LogP contribution in [0.25, 0.3) is 10.2 Å². The third kappa shape index (κ3) is 6.88. The number of ketones is 1. The van der Waals surface area contributed by atoms with Gasteiger partial charge in [0.05, 0.1) is 10.2 Å². The van der Waals surface area contributed by atoms with Crippen LogP contribution >= 0.6 is 35.3 Å². The molecule has 39 heavy (non-hydrogen) atoms. The molecule has 5 rings (SSSR count). The fraction of sp³-hybridized carbons (Fsp3) is 0.0667. The molecule has 1 amide bonds. The lowest BCUT2D eigenvalue weighted by atomic mass is 10.1. The average Bonchev–Trinajstić information content (AvgIpc) is 3.35. The first-order chi connectivity index (χ1) is 18.9. The number of carbonyl (C=O) groups excluding carboxylic acids is 2. The minimum Gasteiger partial charge on any atom is -0.332 e. The number of thiocarbonyl (C=S) groups is 1. The second-order valence-corrected chi connectivity index (χ2v) is 11.2. The van der Waals surface area contributed by atoms with E-state index in [0.29, 0.717) is 15.8 Å². The molecule has 0 spiro atoms. The lowest BCUT2D eigenvalue weighted by Gasteiger charge is -2.17. The fourth-order valence-electron chi connectivity index (χ4n) is 3.86. The molecule has 6 nitrogen and oxygen atoms in total. The van der Waals surface area contributed by atoms with Crippen molar-refractivity contribution in [1.82, 2.24) is 4.98 Å². The number of Topliss-reactive ketones (excluding diaryl/α,β-unsaturated/α-hetero) is 1. The molecule has 0 fully saturated rings. The number of fused-ring (bicyclic) bond motifs is 1. The molecule has 0 aliphatic rings. The van der Waals surface area contributed by atoms with Crippen LogP contribution < -0.4 is 16.0 Å². The Balaban J connectivity index is 1.29. The maximum absolute atomic E-state index is 13.5. The summed E-state index contributed by atoms with van der Waals surface area (Å²) >= 11 is 8.40. The molecule has 0 bridgehead atoms. The van der Waals surface area contributed by atoms with Crippen molar-refractivity contribution in [3.63, 3.8) is 0 Å². The van der Waals surface area contributed by atoms with Gasteiger partial charge in [-0.05, 0) is 79.3 Å². The highest BCUT2D eigenvalue weighted by molar-refractivity contribution is 8.00. The van der Waals surface area contributed by atoms with E-state index in [2.05, 4.69) is 20.9 Å². The lowest BCUT2D eigenvalue weighted by molar-refractivity contribution is -0.115. The maximum atomic E-state index is 13.5. The third-order valence-corrected chi connectivity index (χ3v) is 8.16. The number of aromatic nitrogens is 1. The smallest absolute Gasteiger partial charge is 0.244 e. The zero-order chi connectivity index (χ0) is 27.2. The van der Waals surface area contributed by atoms with Crippen LogP contribution in [-0.2, 0) is 4.79 Å². The number of nitrogens with zero attached hydrogens (tertiary/aromatic N) is 1. The van der Waals surface area contributed by atoms with Crippen LogP contribution in [0.15, 0.2) is 108 Å². The number of para-hydroxylation sites is 1. The van der Waals surface area contributed by atoms with Crippen molar-refractivity contribution in [3.05, 3.63) is 114 Å². The number of hydrogen-bond donors (Lipinski definition) is 3. The summed E-state index contributed by atoms with van der Waals surface area (Å²) in [5.41, 5.74) is 3.96. The Kier molecular flexibility index (Phi) is 8.31. The summed E-state index contributed by atoms with van der Waals surface area (Å²) in [6.45, 7) is 1.53. The molecular formula is C30H24N4O2S3. The molecule has 0 saturated carbocycles. The van der Waals surface area contributed by atoms with Gasteiger partial charge < -0.3 is 16.0 Å². The van der Waals surface area contributed by atoms with Crippen molar-refractivity contribution in [2.45, 2.75) is 17.1 Å². The van der Waals surface area contributed by atoms with Crippen molar-refractivity contribution in [2.75, 3.05) is 16.0 Å². The van der Waals surface area contributed by atoms with Crippen molar-refractivity contribution < 1.29 is 9.59 Å². The van der Waals surface area contributed by atoms with Gasteiger partial charge in [0.15, 0.2) is 16.0 Å².